The first-order chi connectivity index (χ1) is 12.5. The van der Waals surface area contributed by atoms with Gasteiger partial charge in [0.15, 0.2) is 0 Å². The molecule has 1 unspecified atom stereocenters. The third kappa shape index (κ3) is 3.42. The molecule has 0 radical (unpaired) electrons. The molecule has 7 heteroatoms. The van der Waals surface area contributed by atoms with Gasteiger partial charge in [0.25, 0.3) is 5.91 Å². The molecule has 26 heavy (non-hydrogen) atoms. The van der Waals surface area contributed by atoms with Gasteiger partial charge in [0.1, 0.15) is 17.4 Å². The van der Waals surface area contributed by atoms with E-state index in [0.29, 0.717) is 13.0 Å². The van der Waals surface area contributed by atoms with E-state index in [0.717, 1.165) is 12.1 Å². The lowest BCUT2D eigenvalue weighted by Gasteiger charge is -2.36. The van der Waals surface area contributed by atoms with Crippen molar-refractivity contribution in [2.45, 2.75) is 18.9 Å². The van der Waals surface area contributed by atoms with Crippen LogP contribution in [0.25, 0.3) is 0 Å². The number of likely N-dealkylation sites (N-methyl/N-ethyl adjacent to an activating group) is 1. The van der Waals surface area contributed by atoms with Crippen LogP contribution < -0.4 is 4.90 Å². The lowest BCUT2D eigenvalue weighted by Crippen LogP contribution is -2.53. The van der Waals surface area contributed by atoms with E-state index < -0.39 is 17.9 Å². The smallest absolute Gasteiger partial charge is 0.354 e. The minimum Gasteiger partial charge on any atom is -0.477 e. The Morgan fingerprint density at radius 3 is 2.50 bits per heavy atom. The summed E-state index contributed by atoms with van der Waals surface area (Å²) in [6, 6.07) is 13.0. The maximum Gasteiger partial charge on any atom is 0.354 e. The summed E-state index contributed by atoms with van der Waals surface area (Å²) < 4.78 is 0. The molecule has 0 bridgehead atoms. The predicted octanol–water partition coefficient (Wildman–Crippen LogP) is 2.05. The number of carbonyl (C=O) groups excluding carboxylic acids is 2. The maximum absolute atomic E-state index is 12.9. The third-order valence-corrected chi connectivity index (χ3v) is 4.45. The fourth-order valence-corrected chi connectivity index (χ4v) is 3.08. The average molecular weight is 353 g/mol. The topological polar surface area (TPSA) is 90.8 Å². The standard InChI is InChI=1S/C19H19N3O4/c1-21(17(23)14-9-5-10-15(20-14)19(25)26)16-11-6-12-22(18(16)24)13-7-3-2-4-8-13/h2-5,7-10,16H,6,11-12H2,1H3,(H,25,26). The number of aromatic carboxylic acids is 1. The van der Waals surface area contributed by atoms with E-state index in [1.165, 1.54) is 23.1 Å². The van der Waals surface area contributed by atoms with E-state index in [1.807, 2.05) is 30.3 Å². The molecule has 2 aromatic rings. The predicted molar refractivity (Wildman–Crippen MR) is 95.1 cm³/mol. The van der Waals surface area contributed by atoms with Crippen LogP contribution in [0.5, 0.6) is 0 Å². The molecule has 0 spiro atoms. The van der Waals surface area contributed by atoms with Crippen LogP contribution in [-0.4, -0.2) is 52.4 Å². The van der Waals surface area contributed by atoms with Crippen molar-refractivity contribution < 1.29 is 19.5 Å². The summed E-state index contributed by atoms with van der Waals surface area (Å²) in [6.07, 6.45) is 1.33. The molecule has 1 saturated heterocycles. The van der Waals surface area contributed by atoms with Crippen molar-refractivity contribution in [2.24, 2.45) is 0 Å². The summed E-state index contributed by atoms with van der Waals surface area (Å²) in [7, 11) is 1.55. The molecule has 1 aliphatic rings. The normalized spacial score (nSPS) is 17.0. The van der Waals surface area contributed by atoms with E-state index >= 15 is 0 Å². The average Bonchev–Trinajstić information content (AvgIpc) is 2.68. The fraction of sp³-hybridized carbons (Fsp3) is 0.263. The van der Waals surface area contributed by atoms with Crippen LogP contribution in [-0.2, 0) is 4.79 Å². The highest BCUT2D eigenvalue weighted by molar-refractivity contribution is 6.02. The maximum atomic E-state index is 12.9. The molecule has 1 aromatic heterocycles. The number of para-hydroxylation sites is 1. The zero-order valence-electron chi connectivity index (χ0n) is 14.3. The molecule has 1 fully saturated rings. The summed E-state index contributed by atoms with van der Waals surface area (Å²) in [5, 5.41) is 9.03. The minimum atomic E-state index is -1.20. The van der Waals surface area contributed by atoms with Crippen molar-refractivity contribution >= 4 is 23.5 Å². The molecular formula is C19H19N3O4. The summed E-state index contributed by atoms with van der Waals surface area (Å²) in [6.45, 7) is 0.605. The highest BCUT2D eigenvalue weighted by Gasteiger charge is 2.35. The van der Waals surface area contributed by atoms with E-state index in [9.17, 15) is 14.4 Å². The van der Waals surface area contributed by atoms with Crippen molar-refractivity contribution in [3.63, 3.8) is 0 Å². The fourth-order valence-electron chi connectivity index (χ4n) is 3.08. The van der Waals surface area contributed by atoms with Crippen LogP contribution in [0.15, 0.2) is 48.5 Å². The molecule has 3 rings (SSSR count). The Hall–Kier alpha value is -3.22. The van der Waals surface area contributed by atoms with Crippen LogP contribution >= 0.6 is 0 Å². The van der Waals surface area contributed by atoms with Gasteiger partial charge in [-0.3, -0.25) is 9.59 Å². The number of pyridine rings is 1. The third-order valence-electron chi connectivity index (χ3n) is 4.45. The molecule has 1 atom stereocenters. The van der Waals surface area contributed by atoms with Crippen LogP contribution in [0.3, 0.4) is 0 Å². The monoisotopic (exact) mass is 353 g/mol. The Labute approximate surface area is 150 Å². The van der Waals surface area contributed by atoms with Gasteiger partial charge in [-0.25, -0.2) is 9.78 Å². The number of nitrogens with zero attached hydrogens (tertiary/aromatic N) is 3. The minimum absolute atomic E-state index is 0.0111. The molecule has 0 saturated carbocycles. The van der Waals surface area contributed by atoms with E-state index in [2.05, 4.69) is 4.98 Å². The van der Waals surface area contributed by atoms with Gasteiger partial charge in [-0.15, -0.1) is 0 Å². The summed E-state index contributed by atoms with van der Waals surface area (Å²) in [4.78, 5) is 43.6. The zero-order chi connectivity index (χ0) is 18.7. The number of piperidine rings is 1. The van der Waals surface area contributed by atoms with E-state index in [-0.39, 0.29) is 17.3 Å². The van der Waals surface area contributed by atoms with Gasteiger partial charge in [0.05, 0.1) is 0 Å². The number of carboxylic acids is 1. The lowest BCUT2D eigenvalue weighted by molar-refractivity contribution is -0.124. The summed E-state index contributed by atoms with van der Waals surface area (Å²) in [5.74, 6) is -1.82. The largest absolute Gasteiger partial charge is 0.477 e. The van der Waals surface area contributed by atoms with Gasteiger partial charge >= 0.3 is 5.97 Å². The SMILES string of the molecule is CN(C(=O)c1cccc(C(=O)O)n1)C1CCCN(c2ccccc2)C1=O. The molecule has 1 aliphatic heterocycles. The van der Waals surface area contributed by atoms with Crippen molar-refractivity contribution in [3.8, 4) is 0 Å². The highest BCUT2D eigenvalue weighted by Crippen LogP contribution is 2.23. The first-order valence-corrected chi connectivity index (χ1v) is 8.33. The quantitative estimate of drug-likeness (QED) is 0.908. The van der Waals surface area contributed by atoms with Crippen LogP contribution in [0.2, 0.25) is 0 Å². The number of anilines is 1. The molecule has 0 aliphatic carbocycles. The van der Waals surface area contributed by atoms with Crippen LogP contribution in [0, 0.1) is 0 Å². The first kappa shape index (κ1) is 17.6. The number of hydrogen-bond acceptors (Lipinski definition) is 4. The first-order valence-electron chi connectivity index (χ1n) is 8.33. The number of carboxylic acid groups (broad SMARTS) is 1. The Morgan fingerprint density at radius 2 is 1.81 bits per heavy atom. The lowest BCUT2D eigenvalue weighted by atomic mass is 10.0. The van der Waals surface area contributed by atoms with Crippen molar-refractivity contribution in [2.75, 3.05) is 18.5 Å². The summed E-state index contributed by atoms with van der Waals surface area (Å²) in [5.41, 5.74) is 0.608. The van der Waals surface area contributed by atoms with Crippen LogP contribution in [0.1, 0.15) is 33.8 Å². The second-order valence-corrected chi connectivity index (χ2v) is 6.11. The number of aromatic nitrogens is 1. The number of hydrogen-bond donors (Lipinski definition) is 1. The van der Waals surface area contributed by atoms with Crippen molar-refractivity contribution in [1.29, 1.82) is 0 Å². The van der Waals surface area contributed by atoms with Gasteiger partial charge in [0, 0.05) is 19.3 Å². The number of amides is 2. The van der Waals surface area contributed by atoms with E-state index in [4.69, 9.17) is 5.11 Å². The van der Waals surface area contributed by atoms with E-state index in [1.54, 1.807) is 11.9 Å². The van der Waals surface area contributed by atoms with Gasteiger partial charge in [-0.2, -0.15) is 0 Å². The molecule has 2 heterocycles. The number of carbonyl (C=O) groups is 3. The molecular weight excluding hydrogens is 334 g/mol. The van der Waals surface area contributed by atoms with Gasteiger partial charge in [-0.1, -0.05) is 24.3 Å². The second kappa shape index (κ2) is 7.35. The highest BCUT2D eigenvalue weighted by atomic mass is 16.4. The Bertz CT molecular complexity index is 838. The molecule has 2 amide bonds. The molecule has 134 valence electrons. The Balaban J connectivity index is 1.81. The van der Waals surface area contributed by atoms with Gasteiger partial charge in [-0.05, 0) is 37.1 Å². The summed E-state index contributed by atoms with van der Waals surface area (Å²) >= 11 is 0. The molecule has 7 nitrogen and oxygen atoms in total. The Kier molecular flexibility index (Phi) is 4.97. The second-order valence-electron chi connectivity index (χ2n) is 6.11. The van der Waals surface area contributed by atoms with Gasteiger partial charge < -0.3 is 14.9 Å². The van der Waals surface area contributed by atoms with Crippen molar-refractivity contribution in [3.05, 3.63) is 59.9 Å². The van der Waals surface area contributed by atoms with Crippen molar-refractivity contribution in [1.82, 2.24) is 9.88 Å². The molecule has 1 aromatic carbocycles. The zero-order valence-corrected chi connectivity index (χ0v) is 14.3. The number of rotatable bonds is 4. The Morgan fingerprint density at radius 1 is 1.12 bits per heavy atom. The van der Waals surface area contributed by atoms with Gasteiger partial charge in [0.2, 0.25) is 5.91 Å². The molecule has 1 N–H and O–H groups in total. The van der Waals surface area contributed by atoms with Crippen LogP contribution in [0.4, 0.5) is 5.69 Å². The number of benzene rings is 1.